The Labute approximate surface area is 154 Å². The first-order chi connectivity index (χ1) is 12.7. The minimum Gasteiger partial charge on any atom is -0.376 e. The van der Waals surface area contributed by atoms with Gasteiger partial charge in [0.25, 0.3) is 5.91 Å². The molecule has 0 radical (unpaired) electrons. The van der Waals surface area contributed by atoms with E-state index < -0.39 is 6.10 Å². The summed E-state index contributed by atoms with van der Waals surface area (Å²) in [6, 6.07) is 0. The first-order valence-electron chi connectivity index (χ1n) is 10.1. The minimum atomic E-state index is -0.423. The largest absolute Gasteiger partial charge is 0.376 e. The lowest BCUT2D eigenvalue weighted by Gasteiger charge is -2.33. The van der Waals surface area contributed by atoms with Crippen molar-refractivity contribution in [3.8, 4) is 0 Å². The third-order valence-corrected chi connectivity index (χ3v) is 5.74. The summed E-state index contributed by atoms with van der Waals surface area (Å²) in [5.74, 6) is 2.77. The lowest BCUT2D eigenvalue weighted by Crippen LogP contribution is -2.45. The molecular formula is C19H30N4O3. The molecule has 2 aliphatic heterocycles. The average Bonchev–Trinajstić information content (AvgIpc) is 3.43. The van der Waals surface area contributed by atoms with E-state index >= 15 is 0 Å². The van der Waals surface area contributed by atoms with Gasteiger partial charge in [0.2, 0.25) is 0 Å². The lowest BCUT2D eigenvalue weighted by molar-refractivity contribution is -0.147. The monoisotopic (exact) mass is 362 g/mol. The predicted octanol–water partition coefficient (Wildman–Crippen LogP) is 2.36. The second kappa shape index (κ2) is 8.05. The number of amides is 1. The zero-order valence-electron chi connectivity index (χ0n) is 15.7. The molecule has 3 unspecified atom stereocenters. The molecule has 4 rings (SSSR count). The highest BCUT2D eigenvalue weighted by Crippen LogP contribution is 2.38. The molecule has 7 nitrogen and oxygen atoms in total. The number of carbonyl (C=O) groups excluding carboxylic acids is 1. The molecule has 0 bridgehead atoms. The number of H-pyrrole nitrogens is 1. The van der Waals surface area contributed by atoms with Crippen LogP contribution in [0.1, 0.15) is 75.4 Å². The van der Waals surface area contributed by atoms with Gasteiger partial charge in [-0.3, -0.25) is 9.89 Å². The fourth-order valence-electron chi connectivity index (χ4n) is 3.92. The maximum atomic E-state index is 12.8. The fraction of sp³-hybridized carbons (Fsp3) is 0.842. The maximum absolute atomic E-state index is 12.8. The molecule has 1 saturated carbocycles. The van der Waals surface area contributed by atoms with Crippen LogP contribution in [0.2, 0.25) is 0 Å². The third kappa shape index (κ3) is 4.26. The van der Waals surface area contributed by atoms with Crippen molar-refractivity contribution < 1.29 is 14.3 Å². The van der Waals surface area contributed by atoms with Crippen molar-refractivity contribution in [2.45, 2.75) is 75.9 Å². The van der Waals surface area contributed by atoms with Crippen molar-refractivity contribution in [3.63, 3.8) is 0 Å². The highest BCUT2D eigenvalue weighted by molar-refractivity contribution is 5.80. The summed E-state index contributed by atoms with van der Waals surface area (Å²) in [5.41, 5.74) is 0. The molecular weight excluding hydrogens is 332 g/mol. The summed E-state index contributed by atoms with van der Waals surface area (Å²) in [7, 11) is 0. The van der Waals surface area contributed by atoms with Crippen molar-refractivity contribution in [1.29, 1.82) is 0 Å². The molecule has 1 aromatic rings. The summed E-state index contributed by atoms with van der Waals surface area (Å²) in [6.45, 7) is 4.66. The smallest absolute Gasteiger partial charge is 0.251 e. The number of carbonyl (C=O) groups is 1. The van der Waals surface area contributed by atoms with Gasteiger partial charge < -0.3 is 14.4 Å². The van der Waals surface area contributed by atoms with Gasteiger partial charge in [-0.1, -0.05) is 0 Å². The normalized spacial score (nSPS) is 28.1. The van der Waals surface area contributed by atoms with E-state index in [4.69, 9.17) is 9.47 Å². The SMILES string of the molecule is CC(OCC1CCCCO1)C(=O)N1CCCC(c2n[nH]c(C3CC3)n2)C1. The quantitative estimate of drug-likeness (QED) is 0.840. The van der Waals surface area contributed by atoms with Crippen LogP contribution in [0.4, 0.5) is 0 Å². The Bertz CT molecular complexity index is 610. The Balaban J connectivity index is 1.28. The highest BCUT2D eigenvalue weighted by atomic mass is 16.5. The van der Waals surface area contributed by atoms with Gasteiger partial charge in [0.15, 0.2) is 5.82 Å². The molecule has 3 aliphatic rings. The van der Waals surface area contributed by atoms with Crippen LogP contribution in [-0.2, 0) is 14.3 Å². The van der Waals surface area contributed by atoms with Crippen molar-refractivity contribution in [1.82, 2.24) is 20.1 Å². The Kier molecular flexibility index (Phi) is 5.55. The van der Waals surface area contributed by atoms with E-state index in [1.807, 2.05) is 11.8 Å². The zero-order chi connectivity index (χ0) is 17.9. The third-order valence-electron chi connectivity index (χ3n) is 5.74. The van der Waals surface area contributed by atoms with Gasteiger partial charge in [-0.25, -0.2) is 4.98 Å². The molecule has 0 spiro atoms. The molecule has 1 amide bonds. The fourth-order valence-corrected chi connectivity index (χ4v) is 3.92. The Morgan fingerprint density at radius 2 is 2.15 bits per heavy atom. The van der Waals surface area contributed by atoms with Crippen LogP contribution in [0.15, 0.2) is 0 Å². The van der Waals surface area contributed by atoms with Gasteiger partial charge in [0, 0.05) is 31.5 Å². The van der Waals surface area contributed by atoms with Crippen molar-refractivity contribution in [2.24, 2.45) is 0 Å². The molecule has 3 heterocycles. The van der Waals surface area contributed by atoms with Crippen LogP contribution < -0.4 is 0 Å². The van der Waals surface area contributed by atoms with E-state index in [0.29, 0.717) is 19.1 Å². The van der Waals surface area contributed by atoms with Crippen molar-refractivity contribution in [3.05, 3.63) is 11.6 Å². The Morgan fingerprint density at radius 3 is 2.92 bits per heavy atom. The number of rotatable bonds is 6. The molecule has 0 aromatic carbocycles. The number of hydrogen-bond donors (Lipinski definition) is 1. The summed E-state index contributed by atoms with van der Waals surface area (Å²) in [5, 5.41) is 7.50. The van der Waals surface area contributed by atoms with Gasteiger partial charge >= 0.3 is 0 Å². The number of aromatic nitrogens is 3. The number of nitrogens with zero attached hydrogens (tertiary/aromatic N) is 3. The molecule has 3 fully saturated rings. The molecule has 2 saturated heterocycles. The van der Waals surface area contributed by atoms with E-state index in [9.17, 15) is 4.79 Å². The van der Waals surface area contributed by atoms with E-state index in [0.717, 1.165) is 50.5 Å². The zero-order valence-corrected chi connectivity index (χ0v) is 15.7. The molecule has 1 aliphatic carbocycles. The maximum Gasteiger partial charge on any atom is 0.251 e. The number of nitrogens with one attached hydrogen (secondary N) is 1. The summed E-state index contributed by atoms with van der Waals surface area (Å²) in [6.07, 6.45) is 7.51. The number of piperidine rings is 1. The average molecular weight is 362 g/mol. The summed E-state index contributed by atoms with van der Waals surface area (Å²) < 4.78 is 11.5. The van der Waals surface area contributed by atoms with Crippen LogP contribution in [0.3, 0.4) is 0 Å². The molecule has 26 heavy (non-hydrogen) atoms. The summed E-state index contributed by atoms with van der Waals surface area (Å²) in [4.78, 5) is 19.4. The van der Waals surface area contributed by atoms with Crippen molar-refractivity contribution in [2.75, 3.05) is 26.3 Å². The lowest BCUT2D eigenvalue weighted by atomic mass is 9.97. The number of likely N-dealkylation sites (tertiary alicyclic amines) is 1. The van der Waals surface area contributed by atoms with Crippen LogP contribution in [0.5, 0.6) is 0 Å². The van der Waals surface area contributed by atoms with E-state index in [1.54, 1.807) is 0 Å². The van der Waals surface area contributed by atoms with Crippen molar-refractivity contribution >= 4 is 5.91 Å². The predicted molar refractivity (Wildman–Crippen MR) is 95.9 cm³/mol. The van der Waals surface area contributed by atoms with Gasteiger partial charge in [-0.15, -0.1) is 0 Å². The van der Waals surface area contributed by atoms with Gasteiger partial charge in [0.05, 0.1) is 12.7 Å². The van der Waals surface area contributed by atoms with Crippen LogP contribution in [0, 0.1) is 0 Å². The number of hydrogen-bond acceptors (Lipinski definition) is 5. The van der Waals surface area contributed by atoms with Crippen LogP contribution >= 0.6 is 0 Å². The second-order valence-corrected chi connectivity index (χ2v) is 7.94. The van der Waals surface area contributed by atoms with E-state index in [2.05, 4.69) is 15.2 Å². The van der Waals surface area contributed by atoms with Gasteiger partial charge in [0.1, 0.15) is 11.9 Å². The van der Waals surface area contributed by atoms with Crippen LogP contribution in [0.25, 0.3) is 0 Å². The van der Waals surface area contributed by atoms with Gasteiger partial charge in [-0.2, -0.15) is 5.10 Å². The minimum absolute atomic E-state index is 0.0726. The molecule has 7 heteroatoms. The topological polar surface area (TPSA) is 80.3 Å². The molecule has 1 N–H and O–H groups in total. The van der Waals surface area contributed by atoms with Crippen LogP contribution in [-0.4, -0.2) is 64.5 Å². The second-order valence-electron chi connectivity index (χ2n) is 7.94. The summed E-state index contributed by atoms with van der Waals surface area (Å²) >= 11 is 0. The first kappa shape index (κ1) is 17.9. The standard InChI is InChI=1S/C19H30N4O3/c1-13(26-12-16-6-2-3-10-25-16)19(24)23-9-4-5-15(11-23)18-20-17(21-22-18)14-7-8-14/h13-16H,2-12H2,1H3,(H,20,21,22). The Hall–Kier alpha value is -1.47. The van der Waals surface area contributed by atoms with E-state index in [1.165, 1.54) is 19.3 Å². The number of aromatic amines is 1. The highest BCUT2D eigenvalue weighted by Gasteiger charge is 2.32. The Morgan fingerprint density at radius 1 is 1.27 bits per heavy atom. The van der Waals surface area contributed by atoms with Gasteiger partial charge in [-0.05, 0) is 51.9 Å². The molecule has 144 valence electrons. The van der Waals surface area contributed by atoms with E-state index in [-0.39, 0.29) is 17.9 Å². The molecule has 3 atom stereocenters. The molecule has 1 aromatic heterocycles. The first-order valence-corrected chi connectivity index (χ1v) is 10.1. The number of ether oxygens (including phenoxy) is 2.